The molecule has 5 saturated carbocycles. The van der Waals surface area contributed by atoms with Gasteiger partial charge in [0.25, 0.3) is 0 Å². The molecule has 1 amide bonds. The highest BCUT2D eigenvalue weighted by Gasteiger charge is 2.72. The molecule has 286 valence electrons. The summed E-state index contributed by atoms with van der Waals surface area (Å²) in [5.74, 6) is -0.792. The first kappa shape index (κ1) is 38.5. The SMILES string of the molecule is C=C(C)[C@@H]1CC[C@]2(C(=O)NCc3cccnc3C(=O)O)CC[C@]3(C)[C@H](CC[C@@H]4[C@@]5(C)CC[C@H](OC(=O)CC(C)(C)C(=O)O)C(C)(C)[C@@H]5CC[C@]43C)[C@@H]12. The molecular formula is C43H62N2O7. The summed E-state index contributed by atoms with van der Waals surface area (Å²) in [7, 11) is 0. The van der Waals surface area contributed by atoms with Crippen LogP contribution in [-0.4, -0.2) is 45.1 Å². The van der Waals surface area contributed by atoms with Crippen molar-refractivity contribution in [2.75, 3.05) is 0 Å². The van der Waals surface area contributed by atoms with Gasteiger partial charge in [0.05, 0.1) is 17.3 Å². The molecule has 0 radical (unpaired) electrons. The predicted molar refractivity (Wildman–Crippen MR) is 198 cm³/mol. The lowest BCUT2D eigenvalue weighted by atomic mass is 9.32. The van der Waals surface area contributed by atoms with E-state index in [4.69, 9.17) is 4.74 Å². The third kappa shape index (κ3) is 5.73. The fourth-order valence-electron chi connectivity index (χ4n) is 13.5. The van der Waals surface area contributed by atoms with Gasteiger partial charge in [0.1, 0.15) is 6.10 Å². The minimum Gasteiger partial charge on any atom is -0.481 e. The summed E-state index contributed by atoms with van der Waals surface area (Å²) in [6.07, 6.45) is 10.7. The van der Waals surface area contributed by atoms with E-state index >= 15 is 0 Å². The molecule has 0 aromatic carbocycles. The van der Waals surface area contributed by atoms with E-state index in [0.717, 1.165) is 69.8 Å². The second kappa shape index (κ2) is 13.0. The van der Waals surface area contributed by atoms with Crippen molar-refractivity contribution in [1.82, 2.24) is 10.3 Å². The van der Waals surface area contributed by atoms with Crippen LogP contribution in [0, 0.1) is 62.1 Å². The lowest BCUT2D eigenvalue weighted by Gasteiger charge is -2.72. The molecule has 10 atom stereocenters. The number of allylic oxidation sites excluding steroid dienone is 1. The Morgan fingerprint density at radius 3 is 2.29 bits per heavy atom. The van der Waals surface area contributed by atoms with Gasteiger partial charge in [-0.2, -0.15) is 0 Å². The zero-order chi connectivity index (χ0) is 38.2. The van der Waals surface area contributed by atoms with Crippen LogP contribution in [0.2, 0.25) is 0 Å². The molecule has 3 N–H and O–H groups in total. The molecular weight excluding hydrogens is 656 g/mol. The number of pyridine rings is 1. The van der Waals surface area contributed by atoms with E-state index in [2.05, 4.69) is 58.4 Å². The summed E-state index contributed by atoms with van der Waals surface area (Å²) < 4.78 is 6.15. The highest BCUT2D eigenvalue weighted by Crippen LogP contribution is 2.77. The molecule has 9 nitrogen and oxygen atoms in total. The van der Waals surface area contributed by atoms with E-state index in [0.29, 0.717) is 23.3 Å². The highest BCUT2D eigenvalue weighted by molar-refractivity contribution is 5.88. The lowest BCUT2D eigenvalue weighted by Crippen LogP contribution is -2.67. The van der Waals surface area contributed by atoms with Crippen molar-refractivity contribution >= 4 is 23.8 Å². The number of carbonyl (C=O) groups is 4. The number of hydrogen-bond acceptors (Lipinski definition) is 6. The standard InChI is InChI=1S/C43H62N2O7/c1-25(2)27-14-19-43(36(49)45-24-26-11-10-22-44-34(26)35(47)48)21-20-41(8)28(33(27)43)12-13-30-40(7)17-16-31(52-32(46)23-38(3,4)37(50)51)39(5,6)29(40)15-18-42(30,41)9/h10-11,22,27-31,33H,1,12-21,23-24H2,2-9H3,(H,45,49)(H,47,48)(H,50,51)/t27-,28+,29-,30+,31-,33+,40-,41+,42+,43-/m0/s1. The van der Waals surface area contributed by atoms with E-state index in [1.54, 1.807) is 26.0 Å². The number of nitrogens with one attached hydrogen (secondary N) is 1. The van der Waals surface area contributed by atoms with E-state index in [-0.39, 0.29) is 64.2 Å². The maximum absolute atomic E-state index is 14.5. The summed E-state index contributed by atoms with van der Waals surface area (Å²) in [5, 5.41) is 22.5. The van der Waals surface area contributed by atoms with Crippen LogP contribution >= 0.6 is 0 Å². The summed E-state index contributed by atoms with van der Waals surface area (Å²) in [6, 6.07) is 3.44. The third-order valence-electron chi connectivity index (χ3n) is 16.4. The number of amides is 1. The van der Waals surface area contributed by atoms with Crippen LogP contribution in [0.3, 0.4) is 0 Å². The summed E-state index contributed by atoms with van der Waals surface area (Å²) in [4.78, 5) is 55.2. The second-order valence-electron chi connectivity index (χ2n) is 19.5. The van der Waals surface area contributed by atoms with Crippen LogP contribution in [-0.2, 0) is 25.7 Å². The van der Waals surface area contributed by atoms with Crippen molar-refractivity contribution in [2.45, 2.75) is 139 Å². The Bertz CT molecular complexity index is 1650. The number of hydrogen-bond donors (Lipinski definition) is 3. The molecule has 6 rings (SSSR count). The average Bonchev–Trinajstić information content (AvgIpc) is 3.46. The van der Waals surface area contributed by atoms with Crippen molar-refractivity contribution in [3.05, 3.63) is 41.7 Å². The van der Waals surface area contributed by atoms with Crippen LogP contribution in [0.4, 0.5) is 0 Å². The van der Waals surface area contributed by atoms with Crippen molar-refractivity contribution in [3.63, 3.8) is 0 Å². The minimum atomic E-state index is -1.17. The van der Waals surface area contributed by atoms with Crippen LogP contribution in [0.15, 0.2) is 30.5 Å². The van der Waals surface area contributed by atoms with Gasteiger partial charge in [0.15, 0.2) is 5.69 Å². The first-order chi connectivity index (χ1) is 24.2. The van der Waals surface area contributed by atoms with Crippen molar-refractivity contribution in [3.8, 4) is 0 Å². The molecule has 0 bridgehead atoms. The summed E-state index contributed by atoms with van der Waals surface area (Å²) >= 11 is 0. The van der Waals surface area contributed by atoms with Crippen LogP contribution in [0.5, 0.6) is 0 Å². The van der Waals surface area contributed by atoms with Crippen molar-refractivity contribution in [1.29, 1.82) is 0 Å². The molecule has 1 aromatic rings. The van der Waals surface area contributed by atoms with E-state index < -0.39 is 28.7 Å². The Hall–Kier alpha value is -3.23. The van der Waals surface area contributed by atoms with Crippen molar-refractivity contribution < 1.29 is 34.1 Å². The van der Waals surface area contributed by atoms with E-state index in [1.807, 2.05) is 0 Å². The van der Waals surface area contributed by atoms with E-state index in [1.165, 1.54) is 6.20 Å². The zero-order valence-corrected chi connectivity index (χ0v) is 32.8. The molecule has 0 spiro atoms. The molecule has 9 heteroatoms. The van der Waals surface area contributed by atoms with Gasteiger partial charge in [0.2, 0.25) is 5.91 Å². The van der Waals surface area contributed by atoms with Gasteiger partial charge in [-0.05, 0) is 137 Å². The molecule has 0 unspecified atom stereocenters. The topological polar surface area (TPSA) is 143 Å². The van der Waals surface area contributed by atoms with Crippen molar-refractivity contribution in [2.24, 2.45) is 62.1 Å². The molecule has 1 heterocycles. The van der Waals surface area contributed by atoms with Gasteiger partial charge in [-0.1, -0.05) is 52.8 Å². The Kier molecular flexibility index (Phi) is 9.60. The fraction of sp³-hybridized carbons (Fsp3) is 0.744. The predicted octanol–water partition coefficient (Wildman–Crippen LogP) is 8.47. The number of aliphatic carboxylic acids is 1. The van der Waals surface area contributed by atoms with Crippen LogP contribution in [0.25, 0.3) is 0 Å². The first-order valence-electron chi connectivity index (χ1n) is 19.7. The number of rotatable bonds is 9. The van der Waals surface area contributed by atoms with Crippen LogP contribution in [0.1, 0.15) is 142 Å². The van der Waals surface area contributed by atoms with Gasteiger partial charge in [-0.15, -0.1) is 0 Å². The number of aromatic carboxylic acids is 1. The normalized spacial score (nSPS) is 39.2. The zero-order valence-electron chi connectivity index (χ0n) is 32.8. The molecule has 52 heavy (non-hydrogen) atoms. The average molecular weight is 719 g/mol. The number of carbonyl (C=O) groups excluding carboxylic acids is 2. The summed E-state index contributed by atoms with van der Waals surface area (Å²) in [5.41, 5.74) is -0.107. The maximum atomic E-state index is 14.5. The van der Waals surface area contributed by atoms with Gasteiger partial charge in [0, 0.05) is 23.7 Å². The molecule has 0 aliphatic heterocycles. The van der Waals surface area contributed by atoms with Gasteiger partial charge in [-0.25, -0.2) is 9.78 Å². The van der Waals surface area contributed by atoms with Gasteiger partial charge < -0.3 is 20.3 Å². The molecule has 0 saturated heterocycles. The summed E-state index contributed by atoms with van der Waals surface area (Å²) in [6.45, 7) is 22.0. The van der Waals surface area contributed by atoms with Crippen LogP contribution < -0.4 is 5.32 Å². The van der Waals surface area contributed by atoms with Gasteiger partial charge >= 0.3 is 17.9 Å². The number of esters is 1. The largest absolute Gasteiger partial charge is 0.481 e. The second-order valence-corrected chi connectivity index (χ2v) is 19.5. The fourth-order valence-corrected chi connectivity index (χ4v) is 13.5. The first-order valence-corrected chi connectivity index (χ1v) is 19.7. The molecule has 5 fully saturated rings. The molecule has 5 aliphatic carbocycles. The molecule has 5 aliphatic rings. The maximum Gasteiger partial charge on any atom is 0.354 e. The Morgan fingerprint density at radius 2 is 1.63 bits per heavy atom. The Morgan fingerprint density at radius 1 is 0.923 bits per heavy atom. The quantitative estimate of drug-likeness (QED) is 0.171. The number of nitrogens with zero attached hydrogens (tertiary/aromatic N) is 1. The number of fused-ring (bicyclic) bond motifs is 7. The Labute approximate surface area is 310 Å². The smallest absolute Gasteiger partial charge is 0.354 e. The number of carboxylic acid groups (broad SMARTS) is 2. The third-order valence-corrected chi connectivity index (χ3v) is 16.4. The Balaban J connectivity index is 1.25. The number of aromatic nitrogens is 1. The van der Waals surface area contributed by atoms with E-state index in [9.17, 15) is 29.4 Å². The monoisotopic (exact) mass is 718 g/mol. The minimum absolute atomic E-state index is 0.0212. The number of carboxylic acids is 2. The molecule has 1 aromatic heterocycles. The number of ether oxygens (including phenoxy) is 1. The lowest BCUT2D eigenvalue weighted by molar-refractivity contribution is -0.249. The highest BCUT2D eigenvalue weighted by atomic mass is 16.5. The van der Waals surface area contributed by atoms with Gasteiger partial charge in [-0.3, -0.25) is 14.4 Å².